The summed E-state index contributed by atoms with van der Waals surface area (Å²) < 4.78 is 3.97. The van der Waals surface area contributed by atoms with Crippen LogP contribution in [0.25, 0.3) is 0 Å². The summed E-state index contributed by atoms with van der Waals surface area (Å²) in [5, 5.41) is 7.69. The molecule has 3 rings (SSSR count). The van der Waals surface area contributed by atoms with Gasteiger partial charge in [0, 0.05) is 18.5 Å². The first kappa shape index (κ1) is 6.08. The third-order valence-electron chi connectivity index (χ3n) is 2.58. The average Bonchev–Trinajstić information content (AvgIpc) is 2.58. The first-order chi connectivity index (χ1) is 5.43. The minimum absolute atomic E-state index is 0.587. The SMILES string of the molecule is C1C[C@@H]2N[C@@H]1Cc1nnsc12. The van der Waals surface area contributed by atoms with Crippen molar-refractivity contribution < 1.29 is 0 Å². The monoisotopic (exact) mass is 167 g/mol. The molecule has 0 spiro atoms. The van der Waals surface area contributed by atoms with Crippen LogP contribution in [0.4, 0.5) is 0 Å². The topological polar surface area (TPSA) is 37.8 Å². The summed E-state index contributed by atoms with van der Waals surface area (Å²) in [4.78, 5) is 1.39. The summed E-state index contributed by atoms with van der Waals surface area (Å²) in [6, 6.07) is 1.28. The van der Waals surface area contributed by atoms with E-state index in [9.17, 15) is 0 Å². The highest BCUT2D eigenvalue weighted by atomic mass is 32.1. The Balaban J connectivity index is 2.12. The lowest BCUT2D eigenvalue weighted by atomic mass is 10.1. The van der Waals surface area contributed by atoms with Crippen molar-refractivity contribution in [2.24, 2.45) is 0 Å². The van der Waals surface area contributed by atoms with Crippen LogP contribution in [0.5, 0.6) is 0 Å². The number of hydrogen-bond donors (Lipinski definition) is 1. The Kier molecular flexibility index (Phi) is 1.11. The van der Waals surface area contributed by atoms with Crippen LogP contribution in [-0.4, -0.2) is 15.6 Å². The first-order valence-electron chi connectivity index (χ1n) is 4.00. The van der Waals surface area contributed by atoms with E-state index in [2.05, 4.69) is 14.9 Å². The Morgan fingerprint density at radius 3 is 3.45 bits per heavy atom. The van der Waals surface area contributed by atoms with Crippen LogP contribution in [-0.2, 0) is 6.42 Å². The van der Waals surface area contributed by atoms with Crippen molar-refractivity contribution in [2.75, 3.05) is 0 Å². The van der Waals surface area contributed by atoms with Crippen LogP contribution in [0, 0.1) is 0 Å². The van der Waals surface area contributed by atoms with Gasteiger partial charge in [0.15, 0.2) is 0 Å². The van der Waals surface area contributed by atoms with E-state index in [1.54, 1.807) is 11.5 Å². The highest BCUT2D eigenvalue weighted by molar-refractivity contribution is 7.05. The highest BCUT2D eigenvalue weighted by Crippen LogP contribution is 2.36. The van der Waals surface area contributed by atoms with Gasteiger partial charge >= 0.3 is 0 Å². The fourth-order valence-electron chi connectivity index (χ4n) is 2.04. The molecule has 0 aromatic carbocycles. The third-order valence-corrected chi connectivity index (χ3v) is 3.46. The van der Waals surface area contributed by atoms with Gasteiger partial charge in [-0.05, 0) is 24.4 Å². The van der Waals surface area contributed by atoms with Crippen LogP contribution >= 0.6 is 11.5 Å². The zero-order chi connectivity index (χ0) is 7.26. The highest BCUT2D eigenvalue weighted by Gasteiger charge is 2.34. The minimum Gasteiger partial charge on any atom is -0.306 e. The van der Waals surface area contributed by atoms with Crippen molar-refractivity contribution in [3.8, 4) is 0 Å². The molecule has 11 heavy (non-hydrogen) atoms. The maximum Gasteiger partial charge on any atom is 0.0819 e. The van der Waals surface area contributed by atoms with E-state index in [4.69, 9.17) is 0 Å². The van der Waals surface area contributed by atoms with Crippen LogP contribution in [0.15, 0.2) is 0 Å². The third kappa shape index (κ3) is 0.765. The van der Waals surface area contributed by atoms with Gasteiger partial charge in [-0.1, -0.05) is 4.49 Å². The fourth-order valence-corrected chi connectivity index (χ4v) is 2.81. The average molecular weight is 167 g/mol. The maximum atomic E-state index is 4.13. The molecule has 0 unspecified atom stereocenters. The molecular formula is C7H9N3S. The summed E-state index contributed by atoms with van der Waals surface area (Å²) in [6.07, 6.45) is 3.69. The van der Waals surface area contributed by atoms with Crippen molar-refractivity contribution in [3.63, 3.8) is 0 Å². The molecule has 0 aliphatic carbocycles. The fraction of sp³-hybridized carbons (Fsp3) is 0.714. The van der Waals surface area contributed by atoms with E-state index in [0.29, 0.717) is 12.1 Å². The predicted molar refractivity (Wildman–Crippen MR) is 42.5 cm³/mol. The Hall–Kier alpha value is -0.480. The lowest BCUT2D eigenvalue weighted by molar-refractivity contribution is 0.514. The standard InChI is InChI=1S/C7H9N3S/c1-2-5-7-6(9-10-11-7)3-4(1)8-5/h4-5,8H,1-3H2/t4-,5-/m0/s1. The van der Waals surface area contributed by atoms with E-state index in [1.807, 2.05) is 0 Å². The Bertz CT molecular complexity index is 283. The molecule has 58 valence electrons. The predicted octanol–water partition coefficient (Wildman–Crippen LogP) is 0.887. The van der Waals surface area contributed by atoms with Crippen molar-refractivity contribution in [2.45, 2.75) is 31.3 Å². The number of fused-ring (bicyclic) bond motifs is 4. The van der Waals surface area contributed by atoms with Crippen LogP contribution < -0.4 is 5.32 Å². The normalized spacial score (nSPS) is 33.8. The lowest BCUT2D eigenvalue weighted by Gasteiger charge is -2.18. The Morgan fingerprint density at radius 1 is 1.45 bits per heavy atom. The molecular weight excluding hydrogens is 158 g/mol. The summed E-state index contributed by atoms with van der Waals surface area (Å²) in [6.45, 7) is 0. The summed E-state index contributed by atoms with van der Waals surface area (Å²) in [7, 11) is 0. The number of nitrogens with zero attached hydrogens (tertiary/aromatic N) is 2. The van der Waals surface area contributed by atoms with E-state index in [1.165, 1.54) is 23.4 Å². The zero-order valence-electron chi connectivity index (χ0n) is 6.08. The van der Waals surface area contributed by atoms with E-state index < -0.39 is 0 Å². The molecule has 1 N–H and O–H groups in total. The van der Waals surface area contributed by atoms with Gasteiger partial charge in [0.2, 0.25) is 0 Å². The molecule has 1 aromatic heterocycles. The van der Waals surface area contributed by atoms with Gasteiger partial charge in [-0.2, -0.15) is 0 Å². The van der Waals surface area contributed by atoms with Crippen LogP contribution in [0.2, 0.25) is 0 Å². The van der Waals surface area contributed by atoms with Crippen LogP contribution in [0.3, 0.4) is 0 Å². The first-order valence-corrected chi connectivity index (χ1v) is 4.78. The van der Waals surface area contributed by atoms with Gasteiger partial charge < -0.3 is 5.32 Å². The number of rotatable bonds is 0. The van der Waals surface area contributed by atoms with Crippen LogP contribution in [0.1, 0.15) is 29.5 Å². The number of nitrogens with one attached hydrogen (secondary N) is 1. The maximum absolute atomic E-state index is 4.13. The summed E-state index contributed by atoms with van der Waals surface area (Å²) in [5.74, 6) is 0. The van der Waals surface area contributed by atoms with E-state index >= 15 is 0 Å². The molecule has 3 nitrogen and oxygen atoms in total. The second kappa shape index (κ2) is 2.01. The molecule has 1 saturated heterocycles. The number of aromatic nitrogens is 2. The summed E-state index contributed by atoms with van der Waals surface area (Å²) in [5.41, 5.74) is 1.25. The zero-order valence-corrected chi connectivity index (χ0v) is 6.90. The lowest BCUT2D eigenvalue weighted by Crippen LogP contribution is -2.30. The van der Waals surface area contributed by atoms with E-state index in [-0.39, 0.29) is 0 Å². The van der Waals surface area contributed by atoms with Gasteiger partial charge in [-0.25, -0.2) is 0 Å². The molecule has 0 saturated carbocycles. The molecule has 0 amide bonds. The minimum atomic E-state index is 0.587. The smallest absolute Gasteiger partial charge is 0.0819 e. The molecule has 2 atom stereocenters. The van der Waals surface area contributed by atoms with E-state index in [0.717, 1.165) is 6.42 Å². The second-order valence-corrected chi connectivity index (χ2v) is 4.07. The summed E-state index contributed by atoms with van der Waals surface area (Å²) >= 11 is 1.56. The molecule has 3 heterocycles. The number of hydrogen-bond acceptors (Lipinski definition) is 4. The van der Waals surface area contributed by atoms with Crippen molar-refractivity contribution >= 4 is 11.5 Å². The molecule has 4 heteroatoms. The Morgan fingerprint density at radius 2 is 2.45 bits per heavy atom. The van der Waals surface area contributed by atoms with Gasteiger partial charge in [-0.15, -0.1) is 5.10 Å². The Labute approximate surface area is 69.0 Å². The van der Waals surface area contributed by atoms with Gasteiger partial charge in [0.05, 0.1) is 10.6 Å². The molecule has 2 aliphatic rings. The van der Waals surface area contributed by atoms with Gasteiger partial charge in [0.1, 0.15) is 0 Å². The molecule has 1 aromatic rings. The van der Waals surface area contributed by atoms with Gasteiger partial charge in [-0.3, -0.25) is 0 Å². The van der Waals surface area contributed by atoms with Crippen molar-refractivity contribution in [3.05, 3.63) is 10.6 Å². The molecule has 2 aliphatic heterocycles. The van der Waals surface area contributed by atoms with Crippen molar-refractivity contribution in [1.82, 2.24) is 14.9 Å². The molecule has 0 radical (unpaired) electrons. The molecule has 2 bridgehead atoms. The quantitative estimate of drug-likeness (QED) is 0.623. The molecule has 1 fully saturated rings. The van der Waals surface area contributed by atoms with Crippen molar-refractivity contribution in [1.29, 1.82) is 0 Å². The van der Waals surface area contributed by atoms with Gasteiger partial charge in [0.25, 0.3) is 0 Å². The second-order valence-electron chi connectivity index (χ2n) is 3.28. The largest absolute Gasteiger partial charge is 0.306 e.